The van der Waals surface area contributed by atoms with Gasteiger partial charge in [-0.15, -0.1) is 0 Å². The van der Waals surface area contributed by atoms with E-state index in [-0.39, 0.29) is 6.61 Å². The minimum atomic E-state index is -5.30. The minimum absolute atomic E-state index is 0.109. The van der Waals surface area contributed by atoms with Gasteiger partial charge < -0.3 is 29.0 Å². The molecule has 1 aromatic rings. The smallest absolute Gasteiger partial charge is 0.463 e. The molecule has 2 rings (SSSR count). The highest BCUT2D eigenvalue weighted by Gasteiger charge is 2.53. The van der Waals surface area contributed by atoms with Gasteiger partial charge in [0.15, 0.2) is 18.5 Å². The van der Waals surface area contributed by atoms with Gasteiger partial charge >= 0.3 is 30.0 Å². The van der Waals surface area contributed by atoms with E-state index in [9.17, 15) is 32.3 Å². The first-order valence-electron chi connectivity index (χ1n) is 10.0. The van der Waals surface area contributed by atoms with Gasteiger partial charge in [-0.25, -0.2) is 0 Å². The summed E-state index contributed by atoms with van der Waals surface area (Å²) < 4.78 is 65.6. The zero-order chi connectivity index (χ0) is 25.5. The largest absolute Gasteiger partial charge is 0.471 e. The Balaban J connectivity index is 2.43. The van der Waals surface area contributed by atoms with Crippen molar-refractivity contribution in [2.75, 3.05) is 6.61 Å². The predicted octanol–water partition coefficient (Wildman–Crippen LogP) is 1.40. The summed E-state index contributed by atoms with van der Waals surface area (Å²) in [6.07, 6.45) is -11.4. The molecule has 10 nitrogen and oxygen atoms in total. The zero-order valence-electron chi connectivity index (χ0n) is 18.5. The second-order valence-corrected chi connectivity index (χ2v) is 7.29. The van der Waals surface area contributed by atoms with Crippen LogP contribution in [0.25, 0.3) is 0 Å². The molecule has 0 saturated carbocycles. The number of halogens is 3. The molecule has 1 heterocycles. The van der Waals surface area contributed by atoms with Gasteiger partial charge in [-0.1, -0.05) is 30.3 Å². The molecule has 1 fully saturated rings. The number of alkyl halides is 3. The number of carbonyl (C=O) groups excluding carboxylic acids is 4. The average molecular weight is 491 g/mol. The van der Waals surface area contributed by atoms with E-state index >= 15 is 0 Å². The second kappa shape index (κ2) is 11.8. The number of ether oxygens (including phenoxy) is 5. The van der Waals surface area contributed by atoms with Crippen molar-refractivity contribution < 1.29 is 56.0 Å². The lowest BCUT2D eigenvalue weighted by atomic mass is 9.95. The molecule has 1 amide bonds. The number of benzene rings is 1. The van der Waals surface area contributed by atoms with E-state index in [1.165, 1.54) is 0 Å². The maximum atomic E-state index is 13.0. The lowest BCUT2D eigenvalue weighted by molar-refractivity contribution is -0.289. The van der Waals surface area contributed by atoms with Crippen LogP contribution in [0.1, 0.15) is 26.3 Å². The monoisotopic (exact) mass is 491 g/mol. The fourth-order valence-electron chi connectivity index (χ4n) is 3.19. The number of amides is 1. The van der Waals surface area contributed by atoms with Gasteiger partial charge in [-0.05, 0) is 5.56 Å². The van der Waals surface area contributed by atoms with Crippen LogP contribution >= 0.6 is 0 Å². The van der Waals surface area contributed by atoms with Crippen LogP contribution in [0.4, 0.5) is 13.2 Å². The zero-order valence-corrected chi connectivity index (χ0v) is 18.5. The molecule has 1 saturated heterocycles. The molecule has 1 aliphatic heterocycles. The van der Waals surface area contributed by atoms with Crippen molar-refractivity contribution in [2.24, 2.45) is 0 Å². The predicted molar refractivity (Wildman–Crippen MR) is 106 cm³/mol. The summed E-state index contributed by atoms with van der Waals surface area (Å²) in [4.78, 5) is 46.5. The second-order valence-electron chi connectivity index (χ2n) is 7.29. The summed E-state index contributed by atoms with van der Waals surface area (Å²) in [7, 11) is 0. The Kier molecular flexibility index (Phi) is 9.38. The van der Waals surface area contributed by atoms with Crippen molar-refractivity contribution in [2.45, 2.75) is 64.2 Å². The Bertz CT molecular complexity index is 878. The fourth-order valence-corrected chi connectivity index (χ4v) is 3.19. The number of nitrogens with one attached hydrogen (secondary N) is 1. The van der Waals surface area contributed by atoms with Crippen molar-refractivity contribution in [1.82, 2.24) is 5.32 Å². The van der Waals surface area contributed by atoms with Gasteiger partial charge in [0, 0.05) is 20.8 Å². The van der Waals surface area contributed by atoms with E-state index in [0.717, 1.165) is 20.8 Å². The summed E-state index contributed by atoms with van der Waals surface area (Å²) in [5.41, 5.74) is 0.655. The highest BCUT2D eigenvalue weighted by Crippen LogP contribution is 2.29. The molecule has 188 valence electrons. The van der Waals surface area contributed by atoms with E-state index in [2.05, 4.69) is 0 Å². The van der Waals surface area contributed by atoms with Crippen molar-refractivity contribution >= 4 is 23.8 Å². The summed E-state index contributed by atoms with van der Waals surface area (Å²) in [5.74, 6) is -4.97. The van der Waals surface area contributed by atoms with Crippen LogP contribution in [0.15, 0.2) is 30.3 Å². The topological polar surface area (TPSA) is 126 Å². The van der Waals surface area contributed by atoms with Crippen LogP contribution in [0.2, 0.25) is 0 Å². The van der Waals surface area contributed by atoms with Crippen molar-refractivity contribution in [3.05, 3.63) is 35.9 Å². The first-order chi connectivity index (χ1) is 15.9. The van der Waals surface area contributed by atoms with Crippen LogP contribution < -0.4 is 5.32 Å². The lowest BCUT2D eigenvalue weighted by Gasteiger charge is -2.45. The van der Waals surface area contributed by atoms with Crippen LogP contribution in [-0.2, 0) is 49.5 Å². The molecule has 5 atom stereocenters. The molecular formula is C21H24F3NO9. The third kappa shape index (κ3) is 7.99. The molecule has 34 heavy (non-hydrogen) atoms. The Labute approximate surface area is 192 Å². The van der Waals surface area contributed by atoms with Crippen LogP contribution in [0, 0.1) is 0 Å². The van der Waals surface area contributed by atoms with Gasteiger partial charge in [-0.3, -0.25) is 19.2 Å². The Morgan fingerprint density at radius 2 is 1.53 bits per heavy atom. The standard InChI is InChI=1S/C21H24F3NO9/c1-11(26)30-10-15-17(32-12(2)27)16(25-20(29)21(22,23)24)18(33-13(3)28)19(34-15)31-9-14-7-5-4-6-8-14/h4-8,15-19H,9-10H2,1-3H3,(H,25,29)/t15-,16+,17+,18+,19-/m1/s1. The average Bonchev–Trinajstić information content (AvgIpc) is 2.73. The molecule has 0 aliphatic carbocycles. The number of rotatable bonds is 8. The SMILES string of the molecule is CC(=O)OC[C@H]1O[C@@H](OCc2ccccc2)[C@@H](OC(C)=O)[C@@H](NC(=O)C(F)(F)F)[C@H]1OC(C)=O. The van der Waals surface area contributed by atoms with E-state index in [0.29, 0.717) is 5.56 Å². The molecule has 1 aliphatic rings. The molecule has 13 heteroatoms. The number of hydrogen-bond donors (Lipinski definition) is 1. The summed E-state index contributed by atoms with van der Waals surface area (Å²) in [6, 6.07) is 6.84. The molecule has 0 unspecified atom stereocenters. The van der Waals surface area contributed by atoms with Gasteiger partial charge in [0.05, 0.1) is 6.61 Å². The van der Waals surface area contributed by atoms with Crippen molar-refractivity contribution in [1.29, 1.82) is 0 Å². The fraction of sp³-hybridized carbons (Fsp3) is 0.524. The lowest BCUT2D eigenvalue weighted by Crippen LogP contribution is -2.68. The van der Waals surface area contributed by atoms with Gasteiger partial charge in [0.2, 0.25) is 0 Å². The molecule has 0 bridgehead atoms. The highest BCUT2D eigenvalue weighted by molar-refractivity contribution is 5.82. The highest BCUT2D eigenvalue weighted by atomic mass is 19.4. The van der Waals surface area contributed by atoms with Crippen LogP contribution in [0.5, 0.6) is 0 Å². The van der Waals surface area contributed by atoms with Gasteiger partial charge in [0.1, 0.15) is 18.8 Å². The van der Waals surface area contributed by atoms with E-state index < -0.39 is 67.2 Å². The normalized spacial score (nSPS) is 24.6. The summed E-state index contributed by atoms with van der Waals surface area (Å²) in [5, 5.41) is 1.70. The van der Waals surface area contributed by atoms with Crippen molar-refractivity contribution in [3.8, 4) is 0 Å². The molecule has 1 aromatic carbocycles. The van der Waals surface area contributed by atoms with Crippen molar-refractivity contribution in [3.63, 3.8) is 0 Å². The third-order valence-corrected chi connectivity index (χ3v) is 4.52. The van der Waals surface area contributed by atoms with Gasteiger partial charge in [-0.2, -0.15) is 13.2 Å². The van der Waals surface area contributed by atoms with Crippen LogP contribution in [0.3, 0.4) is 0 Å². The van der Waals surface area contributed by atoms with Gasteiger partial charge in [0.25, 0.3) is 0 Å². The van der Waals surface area contributed by atoms with E-state index in [1.54, 1.807) is 35.6 Å². The first kappa shape index (κ1) is 27.1. The number of hydrogen-bond acceptors (Lipinski definition) is 9. The Hall–Kier alpha value is -3.19. The summed E-state index contributed by atoms with van der Waals surface area (Å²) in [6.45, 7) is 2.38. The molecule has 0 radical (unpaired) electrons. The minimum Gasteiger partial charge on any atom is -0.463 e. The van der Waals surface area contributed by atoms with Crippen LogP contribution in [-0.4, -0.2) is 67.2 Å². The Morgan fingerprint density at radius 3 is 2.06 bits per heavy atom. The molecule has 0 spiro atoms. The third-order valence-electron chi connectivity index (χ3n) is 4.52. The first-order valence-corrected chi connectivity index (χ1v) is 10.0. The maximum Gasteiger partial charge on any atom is 0.471 e. The Morgan fingerprint density at radius 1 is 0.941 bits per heavy atom. The molecule has 0 aromatic heterocycles. The number of carbonyl (C=O) groups is 4. The number of esters is 3. The van der Waals surface area contributed by atoms with E-state index in [1.807, 2.05) is 0 Å². The molecule has 1 N–H and O–H groups in total. The van der Waals surface area contributed by atoms with E-state index in [4.69, 9.17) is 23.7 Å². The maximum absolute atomic E-state index is 13.0. The molecular weight excluding hydrogens is 467 g/mol. The quantitative estimate of drug-likeness (QED) is 0.424. The summed E-state index contributed by atoms with van der Waals surface area (Å²) >= 11 is 0.